The van der Waals surface area contributed by atoms with Crippen LogP contribution in [0.1, 0.15) is 27.0 Å². The van der Waals surface area contributed by atoms with Crippen molar-refractivity contribution in [1.29, 1.82) is 0 Å². The van der Waals surface area contributed by atoms with Crippen molar-refractivity contribution in [3.05, 3.63) is 74.8 Å². The zero-order chi connectivity index (χ0) is 18.6. The van der Waals surface area contributed by atoms with Crippen molar-refractivity contribution in [3.8, 4) is 0 Å². The largest absolute Gasteiger partial charge is 0.416 e. The van der Waals surface area contributed by atoms with Crippen LogP contribution in [-0.2, 0) is 12.6 Å². The molecule has 0 aliphatic heterocycles. The molecule has 1 amide bonds. The fraction of sp³-hybridized carbons (Fsp3) is 0.235. The molecule has 0 aromatic heterocycles. The highest BCUT2D eigenvalue weighted by Crippen LogP contribution is 2.29. The summed E-state index contributed by atoms with van der Waals surface area (Å²) in [7, 11) is 0. The molecule has 25 heavy (non-hydrogen) atoms. The highest BCUT2D eigenvalue weighted by Gasteiger charge is 2.29. The highest BCUT2D eigenvalue weighted by molar-refractivity contribution is 5.94. The minimum absolute atomic E-state index is 0.0682. The fourth-order valence-corrected chi connectivity index (χ4v) is 2.28. The molecule has 0 unspecified atom stereocenters. The van der Waals surface area contributed by atoms with E-state index in [1.807, 2.05) is 0 Å². The molecule has 0 aliphatic carbocycles. The summed E-state index contributed by atoms with van der Waals surface area (Å²) in [5.41, 5.74) is 0.534. The van der Waals surface area contributed by atoms with Crippen LogP contribution in [0.15, 0.2) is 42.5 Å². The number of nitro groups is 1. The van der Waals surface area contributed by atoms with Gasteiger partial charge < -0.3 is 5.32 Å². The van der Waals surface area contributed by atoms with E-state index in [2.05, 4.69) is 5.32 Å². The molecular weight excluding hydrogens is 337 g/mol. The average Bonchev–Trinajstić information content (AvgIpc) is 2.54. The summed E-state index contributed by atoms with van der Waals surface area (Å²) in [5, 5.41) is 13.4. The number of nitrogens with one attached hydrogen (secondary N) is 1. The number of hydrogen-bond acceptors (Lipinski definition) is 3. The van der Waals surface area contributed by atoms with E-state index in [9.17, 15) is 28.1 Å². The molecule has 0 bridgehead atoms. The molecule has 0 atom stereocenters. The molecule has 0 aliphatic rings. The first-order valence-electron chi connectivity index (χ1n) is 7.38. The van der Waals surface area contributed by atoms with Gasteiger partial charge in [0.15, 0.2) is 0 Å². The molecule has 0 saturated heterocycles. The van der Waals surface area contributed by atoms with E-state index in [4.69, 9.17) is 0 Å². The molecule has 132 valence electrons. The summed E-state index contributed by atoms with van der Waals surface area (Å²) in [6.07, 6.45) is -4.00. The van der Waals surface area contributed by atoms with Gasteiger partial charge in [0.05, 0.1) is 10.5 Å². The lowest BCUT2D eigenvalue weighted by atomic mass is 10.1. The first-order valence-corrected chi connectivity index (χ1v) is 7.38. The molecule has 0 saturated carbocycles. The number of halogens is 3. The first-order chi connectivity index (χ1) is 11.7. The van der Waals surface area contributed by atoms with Crippen molar-refractivity contribution in [2.24, 2.45) is 0 Å². The van der Waals surface area contributed by atoms with Gasteiger partial charge in [-0.2, -0.15) is 13.2 Å². The maximum atomic E-state index is 12.5. The van der Waals surface area contributed by atoms with Crippen molar-refractivity contribution >= 4 is 11.6 Å². The molecule has 0 heterocycles. The predicted molar refractivity (Wildman–Crippen MR) is 85.3 cm³/mol. The van der Waals surface area contributed by atoms with Gasteiger partial charge in [0.2, 0.25) is 0 Å². The van der Waals surface area contributed by atoms with E-state index in [1.165, 1.54) is 37.3 Å². The van der Waals surface area contributed by atoms with Crippen LogP contribution in [0.2, 0.25) is 0 Å². The number of benzene rings is 2. The second kappa shape index (κ2) is 7.33. The first kappa shape index (κ1) is 18.4. The van der Waals surface area contributed by atoms with Crippen LogP contribution < -0.4 is 5.32 Å². The topological polar surface area (TPSA) is 72.2 Å². The fourth-order valence-electron chi connectivity index (χ4n) is 2.28. The zero-order valence-corrected chi connectivity index (χ0v) is 13.3. The van der Waals surface area contributed by atoms with Gasteiger partial charge in [0.1, 0.15) is 0 Å². The maximum Gasteiger partial charge on any atom is 0.416 e. The van der Waals surface area contributed by atoms with Gasteiger partial charge in [-0.05, 0) is 43.2 Å². The normalized spacial score (nSPS) is 11.2. The van der Waals surface area contributed by atoms with Crippen LogP contribution in [-0.4, -0.2) is 17.4 Å². The lowest BCUT2D eigenvalue weighted by Crippen LogP contribution is -2.25. The van der Waals surface area contributed by atoms with Crippen molar-refractivity contribution in [2.75, 3.05) is 6.54 Å². The standard InChI is InChI=1S/C17H15F3N2O3/c1-11-10-13(4-7-15(11)22(24)25)16(23)21-9-8-12-2-5-14(6-3-12)17(18,19)20/h2-7,10H,8-9H2,1H3,(H,21,23). The predicted octanol–water partition coefficient (Wildman–Crippen LogP) is 3.89. The molecule has 2 aromatic rings. The molecule has 0 spiro atoms. The van der Waals surface area contributed by atoms with Gasteiger partial charge in [-0.15, -0.1) is 0 Å². The van der Waals surface area contributed by atoms with E-state index in [1.54, 1.807) is 0 Å². The van der Waals surface area contributed by atoms with Gasteiger partial charge in [-0.1, -0.05) is 12.1 Å². The molecule has 0 radical (unpaired) electrons. The Morgan fingerprint density at radius 1 is 1.16 bits per heavy atom. The minimum atomic E-state index is -4.37. The second-order valence-corrected chi connectivity index (χ2v) is 5.46. The van der Waals surface area contributed by atoms with Gasteiger partial charge >= 0.3 is 6.18 Å². The Bertz CT molecular complexity index is 787. The number of nitrogens with zero attached hydrogens (tertiary/aromatic N) is 1. The second-order valence-electron chi connectivity index (χ2n) is 5.46. The van der Waals surface area contributed by atoms with Crippen molar-refractivity contribution in [3.63, 3.8) is 0 Å². The number of hydrogen-bond donors (Lipinski definition) is 1. The molecule has 0 fully saturated rings. The summed E-state index contributed by atoms with van der Waals surface area (Å²) in [6.45, 7) is 1.78. The number of aryl methyl sites for hydroxylation is 1. The van der Waals surface area contributed by atoms with Crippen molar-refractivity contribution < 1.29 is 22.9 Å². The third-order valence-corrected chi connectivity index (χ3v) is 3.64. The third-order valence-electron chi connectivity index (χ3n) is 3.64. The Balaban J connectivity index is 1.92. The number of carbonyl (C=O) groups excluding carboxylic acids is 1. The molecular formula is C17H15F3N2O3. The summed E-state index contributed by atoms with van der Waals surface area (Å²) in [6, 6.07) is 8.77. The monoisotopic (exact) mass is 352 g/mol. The van der Waals surface area contributed by atoms with Gasteiger partial charge in [0.25, 0.3) is 11.6 Å². The number of rotatable bonds is 5. The van der Waals surface area contributed by atoms with E-state index < -0.39 is 22.6 Å². The van der Waals surface area contributed by atoms with E-state index in [0.717, 1.165) is 12.1 Å². The van der Waals surface area contributed by atoms with Crippen LogP contribution in [0.3, 0.4) is 0 Å². The van der Waals surface area contributed by atoms with Crippen LogP contribution >= 0.6 is 0 Å². The summed E-state index contributed by atoms with van der Waals surface area (Å²) in [5.74, 6) is -0.398. The minimum Gasteiger partial charge on any atom is -0.352 e. The van der Waals surface area contributed by atoms with Gasteiger partial charge in [-0.25, -0.2) is 0 Å². The SMILES string of the molecule is Cc1cc(C(=O)NCCc2ccc(C(F)(F)F)cc2)ccc1[N+](=O)[O-]. The molecule has 8 heteroatoms. The van der Waals surface area contributed by atoms with E-state index in [0.29, 0.717) is 17.5 Å². The van der Waals surface area contributed by atoms with E-state index in [-0.39, 0.29) is 17.8 Å². The summed E-state index contributed by atoms with van der Waals surface area (Å²) >= 11 is 0. The Labute approximate surface area is 141 Å². The van der Waals surface area contributed by atoms with Crippen molar-refractivity contribution in [1.82, 2.24) is 5.32 Å². The van der Waals surface area contributed by atoms with Crippen LogP contribution in [0, 0.1) is 17.0 Å². The Morgan fingerprint density at radius 2 is 1.80 bits per heavy atom. The Hall–Kier alpha value is -2.90. The number of amides is 1. The summed E-state index contributed by atoms with van der Waals surface area (Å²) < 4.78 is 37.4. The Kier molecular flexibility index (Phi) is 5.41. The molecule has 2 rings (SSSR count). The lowest BCUT2D eigenvalue weighted by Gasteiger charge is -2.09. The molecule has 2 aromatic carbocycles. The smallest absolute Gasteiger partial charge is 0.352 e. The number of nitro benzene ring substituents is 1. The maximum absolute atomic E-state index is 12.5. The average molecular weight is 352 g/mol. The lowest BCUT2D eigenvalue weighted by molar-refractivity contribution is -0.385. The van der Waals surface area contributed by atoms with E-state index >= 15 is 0 Å². The van der Waals surface area contributed by atoms with Crippen LogP contribution in [0.25, 0.3) is 0 Å². The molecule has 5 nitrogen and oxygen atoms in total. The molecule has 1 N–H and O–H groups in total. The highest BCUT2D eigenvalue weighted by atomic mass is 19.4. The Morgan fingerprint density at radius 3 is 2.32 bits per heavy atom. The number of alkyl halides is 3. The van der Waals surface area contributed by atoms with Gasteiger partial charge in [0, 0.05) is 23.7 Å². The summed E-state index contributed by atoms with van der Waals surface area (Å²) in [4.78, 5) is 22.3. The number of carbonyl (C=O) groups is 1. The quantitative estimate of drug-likeness (QED) is 0.655. The zero-order valence-electron chi connectivity index (χ0n) is 13.3. The van der Waals surface area contributed by atoms with Crippen LogP contribution in [0.5, 0.6) is 0 Å². The third kappa shape index (κ3) is 4.79. The van der Waals surface area contributed by atoms with Gasteiger partial charge in [-0.3, -0.25) is 14.9 Å². The van der Waals surface area contributed by atoms with Crippen molar-refractivity contribution in [2.45, 2.75) is 19.5 Å². The van der Waals surface area contributed by atoms with Crippen LogP contribution in [0.4, 0.5) is 18.9 Å².